The topological polar surface area (TPSA) is 42.0 Å². The lowest BCUT2D eigenvalue weighted by Gasteiger charge is -2.16. The largest absolute Gasteiger partial charge is 0.345 e. The van der Waals surface area contributed by atoms with Gasteiger partial charge in [-0.05, 0) is 41.5 Å². The van der Waals surface area contributed by atoms with Gasteiger partial charge in [-0.25, -0.2) is 0 Å². The number of hydrogen-bond acceptors (Lipinski definition) is 2. The first kappa shape index (κ1) is 15.3. The van der Waals surface area contributed by atoms with E-state index in [0.717, 1.165) is 16.5 Å². The zero-order valence-corrected chi connectivity index (χ0v) is 13.9. The number of nitrogens with one attached hydrogen (secondary N) is 1. The average Bonchev–Trinajstić information content (AvgIpc) is 2.67. The van der Waals surface area contributed by atoms with Crippen molar-refractivity contribution in [2.45, 2.75) is 13.0 Å². The highest BCUT2D eigenvalue weighted by Gasteiger charge is 2.14. The SMILES string of the molecule is CC(NC(=O)c1ccnc2ccccc12)c1ccc2ccccc2c1. The zero-order valence-electron chi connectivity index (χ0n) is 13.9. The number of benzene rings is 3. The minimum atomic E-state index is -0.0840. The minimum Gasteiger partial charge on any atom is -0.345 e. The van der Waals surface area contributed by atoms with Crippen molar-refractivity contribution in [3.63, 3.8) is 0 Å². The van der Waals surface area contributed by atoms with Gasteiger partial charge in [0, 0.05) is 11.6 Å². The van der Waals surface area contributed by atoms with Gasteiger partial charge in [0.25, 0.3) is 5.91 Å². The molecule has 0 aliphatic heterocycles. The van der Waals surface area contributed by atoms with Crippen molar-refractivity contribution in [3.8, 4) is 0 Å². The Labute approximate surface area is 146 Å². The molecule has 1 unspecified atom stereocenters. The van der Waals surface area contributed by atoms with Gasteiger partial charge in [0.05, 0.1) is 17.1 Å². The van der Waals surface area contributed by atoms with E-state index >= 15 is 0 Å². The van der Waals surface area contributed by atoms with E-state index in [1.165, 1.54) is 10.8 Å². The molecule has 3 aromatic carbocycles. The lowest BCUT2D eigenvalue weighted by Crippen LogP contribution is -2.26. The van der Waals surface area contributed by atoms with E-state index in [1.807, 2.05) is 43.3 Å². The number of pyridine rings is 1. The number of rotatable bonds is 3. The van der Waals surface area contributed by atoms with Crippen LogP contribution in [-0.2, 0) is 0 Å². The van der Waals surface area contributed by atoms with E-state index in [1.54, 1.807) is 12.3 Å². The van der Waals surface area contributed by atoms with Crippen molar-refractivity contribution in [1.29, 1.82) is 0 Å². The van der Waals surface area contributed by atoms with E-state index in [2.05, 4.69) is 40.6 Å². The van der Waals surface area contributed by atoms with Crippen molar-refractivity contribution in [2.24, 2.45) is 0 Å². The van der Waals surface area contributed by atoms with Gasteiger partial charge in [-0.1, -0.05) is 54.6 Å². The molecule has 1 aromatic heterocycles. The summed E-state index contributed by atoms with van der Waals surface area (Å²) < 4.78 is 0. The smallest absolute Gasteiger partial charge is 0.252 e. The van der Waals surface area contributed by atoms with Crippen LogP contribution in [0.1, 0.15) is 28.9 Å². The molecule has 1 heterocycles. The molecule has 25 heavy (non-hydrogen) atoms. The minimum absolute atomic E-state index is 0.0796. The molecule has 122 valence electrons. The van der Waals surface area contributed by atoms with Crippen molar-refractivity contribution >= 4 is 27.6 Å². The van der Waals surface area contributed by atoms with Crippen LogP contribution in [0.3, 0.4) is 0 Å². The number of carbonyl (C=O) groups excluding carboxylic acids is 1. The number of amides is 1. The van der Waals surface area contributed by atoms with Gasteiger partial charge in [0.15, 0.2) is 0 Å². The molecule has 3 nitrogen and oxygen atoms in total. The number of aromatic nitrogens is 1. The number of para-hydroxylation sites is 1. The second-order valence-electron chi connectivity index (χ2n) is 6.18. The van der Waals surface area contributed by atoms with Gasteiger partial charge in [0.1, 0.15) is 0 Å². The van der Waals surface area contributed by atoms with Crippen molar-refractivity contribution in [1.82, 2.24) is 10.3 Å². The third-order valence-electron chi connectivity index (χ3n) is 4.51. The maximum Gasteiger partial charge on any atom is 0.252 e. The van der Waals surface area contributed by atoms with Gasteiger partial charge in [-0.3, -0.25) is 9.78 Å². The van der Waals surface area contributed by atoms with Gasteiger partial charge >= 0.3 is 0 Å². The second-order valence-corrected chi connectivity index (χ2v) is 6.18. The molecule has 1 amide bonds. The Morgan fingerprint density at radius 3 is 2.56 bits per heavy atom. The Hall–Kier alpha value is -3.20. The summed E-state index contributed by atoms with van der Waals surface area (Å²) in [5.74, 6) is -0.0840. The molecular weight excluding hydrogens is 308 g/mol. The summed E-state index contributed by atoms with van der Waals surface area (Å²) in [7, 11) is 0. The van der Waals surface area contributed by atoms with Crippen LogP contribution in [-0.4, -0.2) is 10.9 Å². The molecule has 4 rings (SSSR count). The number of hydrogen-bond donors (Lipinski definition) is 1. The molecule has 0 radical (unpaired) electrons. The Kier molecular flexibility index (Phi) is 3.90. The Morgan fingerprint density at radius 1 is 0.920 bits per heavy atom. The van der Waals surface area contributed by atoms with Crippen molar-refractivity contribution in [2.75, 3.05) is 0 Å². The predicted octanol–water partition coefficient (Wildman–Crippen LogP) is 4.88. The van der Waals surface area contributed by atoms with Crippen LogP contribution in [0, 0.1) is 0 Å². The number of carbonyl (C=O) groups is 1. The number of fused-ring (bicyclic) bond motifs is 2. The zero-order chi connectivity index (χ0) is 17.2. The van der Waals surface area contributed by atoms with Crippen LogP contribution in [0.25, 0.3) is 21.7 Å². The van der Waals surface area contributed by atoms with E-state index in [4.69, 9.17) is 0 Å². The molecule has 0 saturated heterocycles. The quantitative estimate of drug-likeness (QED) is 0.583. The predicted molar refractivity (Wildman–Crippen MR) is 102 cm³/mol. The average molecular weight is 326 g/mol. The molecule has 1 N–H and O–H groups in total. The summed E-state index contributed by atoms with van der Waals surface area (Å²) in [6.45, 7) is 2.01. The van der Waals surface area contributed by atoms with E-state index in [-0.39, 0.29) is 11.9 Å². The molecule has 1 atom stereocenters. The fourth-order valence-electron chi connectivity index (χ4n) is 3.13. The van der Waals surface area contributed by atoms with Crippen LogP contribution < -0.4 is 5.32 Å². The third-order valence-corrected chi connectivity index (χ3v) is 4.51. The summed E-state index contributed by atoms with van der Waals surface area (Å²) in [6, 6.07) is 23.9. The molecule has 0 aliphatic carbocycles. The van der Waals surface area contributed by atoms with Crippen molar-refractivity contribution in [3.05, 3.63) is 90.1 Å². The Bertz CT molecular complexity index is 1070. The Morgan fingerprint density at radius 2 is 1.68 bits per heavy atom. The normalized spacial score (nSPS) is 12.2. The highest BCUT2D eigenvalue weighted by Crippen LogP contribution is 2.22. The fourth-order valence-corrected chi connectivity index (χ4v) is 3.13. The maximum atomic E-state index is 12.8. The van der Waals surface area contributed by atoms with Crippen LogP contribution in [0.4, 0.5) is 0 Å². The lowest BCUT2D eigenvalue weighted by molar-refractivity contribution is 0.0941. The first-order chi connectivity index (χ1) is 12.2. The summed E-state index contributed by atoms with van der Waals surface area (Å²) in [4.78, 5) is 17.1. The summed E-state index contributed by atoms with van der Waals surface area (Å²) in [5.41, 5.74) is 2.57. The fraction of sp³-hybridized carbons (Fsp3) is 0.0909. The summed E-state index contributed by atoms with van der Waals surface area (Å²) >= 11 is 0. The lowest BCUT2D eigenvalue weighted by atomic mass is 10.0. The molecule has 3 heteroatoms. The van der Waals surface area contributed by atoms with Crippen LogP contribution in [0.5, 0.6) is 0 Å². The summed E-state index contributed by atoms with van der Waals surface area (Å²) in [5, 5.41) is 6.35. The number of nitrogens with zero attached hydrogens (tertiary/aromatic N) is 1. The van der Waals surface area contributed by atoms with Crippen LogP contribution in [0.15, 0.2) is 79.0 Å². The molecule has 0 fully saturated rings. The van der Waals surface area contributed by atoms with Gasteiger partial charge in [-0.15, -0.1) is 0 Å². The third kappa shape index (κ3) is 2.96. The monoisotopic (exact) mass is 326 g/mol. The standard InChI is InChI=1S/C22H18N2O/c1-15(17-11-10-16-6-2-3-7-18(16)14-17)24-22(25)20-12-13-23-21-9-5-4-8-19(20)21/h2-15H,1H3,(H,24,25). The summed E-state index contributed by atoms with van der Waals surface area (Å²) in [6.07, 6.45) is 1.68. The second kappa shape index (κ2) is 6.36. The molecule has 0 spiro atoms. The van der Waals surface area contributed by atoms with E-state index in [9.17, 15) is 4.79 Å². The molecule has 4 aromatic rings. The molecule has 0 saturated carbocycles. The van der Waals surface area contributed by atoms with Crippen LogP contribution >= 0.6 is 0 Å². The highest BCUT2D eigenvalue weighted by atomic mass is 16.1. The van der Waals surface area contributed by atoms with Crippen molar-refractivity contribution < 1.29 is 4.79 Å². The molecule has 0 aliphatic rings. The van der Waals surface area contributed by atoms with E-state index < -0.39 is 0 Å². The molecular formula is C22H18N2O. The molecule has 0 bridgehead atoms. The first-order valence-corrected chi connectivity index (χ1v) is 8.36. The van der Waals surface area contributed by atoms with Crippen LogP contribution in [0.2, 0.25) is 0 Å². The van der Waals surface area contributed by atoms with Gasteiger partial charge in [0.2, 0.25) is 0 Å². The van der Waals surface area contributed by atoms with Gasteiger partial charge in [-0.2, -0.15) is 0 Å². The van der Waals surface area contributed by atoms with E-state index in [0.29, 0.717) is 5.56 Å². The van der Waals surface area contributed by atoms with Gasteiger partial charge < -0.3 is 5.32 Å². The highest BCUT2D eigenvalue weighted by molar-refractivity contribution is 6.06. The first-order valence-electron chi connectivity index (χ1n) is 8.36. The maximum absolute atomic E-state index is 12.8. The Balaban J connectivity index is 1.62.